The quantitative estimate of drug-likeness (QED) is 0.645. The summed E-state index contributed by atoms with van der Waals surface area (Å²) in [4.78, 5) is 16.4. The van der Waals surface area contributed by atoms with E-state index < -0.39 is 0 Å². The molecule has 0 N–H and O–H groups in total. The molecule has 7 heteroatoms. The largest absolute Gasteiger partial charge is 0.497 e. The van der Waals surface area contributed by atoms with Gasteiger partial charge in [-0.15, -0.1) is 10.2 Å². The smallest absolute Gasteiger partial charge is 0.242 e. The molecule has 0 radical (unpaired) electrons. The van der Waals surface area contributed by atoms with Gasteiger partial charge in [0, 0.05) is 19.6 Å². The van der Waals surface area contributed by atoms with E-state index in [-0.39, 0.29) is 5.91 Å². The van der Waals surface area contributed by atoms with Crippen molar-refractivity contribution in [3.63, 3.8) is 0 Å². The fourth-order valence-electron chi connectivity index (χ4n) is 3.42. The van der Waals surface area contributed by atoms with Crippen LogP contribution in [0.2, 0.25) is 5.15 Å². The molecule has 6 nitrogen and oxygen atoms in total. The first-order chi connectivity index (χ1) is 14.1. The lowest BCUT2D eigenvalue weighted by Gasteiger charge is -2.33. The molecule has 3 aromatic rings. The highest BCUT2D eigenvalue weighted by Gasteiger charge is 2.26. The monoisotopic (exact) mass is 408 g/mol. The number of benzene rings is 2. The summed E-state index contributed by atoms with van der Waals surface area (Å²) in [5.41, 5.74) is 3.42. The number of aromatic nitrogens is 2. The molecule has 1 amide bonds. The van der Waals surface area contributed by atoms with E-state index in [1.165, 1.54) is 5.56 Å². The van der Waals surface area contributed by atoms with E-state index in [9.17, 15) is 4.79 Å². The van der Waals surface area contributed by atoms with Crippen molar-refractivity contribution < 1.29 is 9.53 Å². The Balaban J connectivity index is 1.39. The van der Waals surface area contributed by atoms with Crippen molar-refractivity contribution in [3.8, 4) is 16.9 Å². The van der Waals surface area contributed by atoms with Gasteiger partial charge in [-0.3, -0.25) is 14.6 Å². The van der Waals surface area contributed by atoms with Crippen LogP contribution < -0.4 is 9.64 Å². The minimum absolute atomic E-state index is 0.0147. The number of rotatable bonds is 5. The minimum atomic E-state index is 0.0147. The van der Waals surface area contributed by atoms with Gasteiger partial charge in [-0.05, 0) is 41.0 Å². The van der Waals surface area contributed by atoms with Gasteiger partial charge in [-0.2, -0.15) is 0 Å². The SMILES string of the molecule is COc1cccc(-c2ccc(CN3CCN(c4ccc(Cl)nn4)C(=O)C3)cc2)c1. The molecule has 0 spiro atoms. The molecule has 0 aliphatic carbocycles. The van der Waals surface area contributed by atoms with Crippen LogP contribution in [-0.2, 0) is 11.3 Å². The van der Waals surface area contributed by atoms with E-state index in [1.807, 2.05) is 18.2 Å². The number of amides is 1. The Kier molecular flexibility index (Phi) is 5.74. The van der Waals surface area contributed by atoms with Gasteiger partial charge in [-0.1, -0.05) is 48.0 Å². The molecule has 1 aliphatic rings. The third-order valence-electron chi connectivity index (χ3n) is 4.96. The molecule has 4 rings (SSSR count). The van der Waals surface area contributed by atoms with Gasteiger partial charge in [0.15, 0.2) is 11.0 Å². The van der Waals surface area contributed by atoms with Crippen molar-refractivity contribution in [1.82, 2.24) is 15.1 Å². The molecule has 0 saturated carbocycles. The zero-order chi connectivity index (χ0) is 20.2. The average molecular weight is 409 g/mol. The lowest BCUT2D eigenvalue weighted by molar-refractivity contribution is -0.121. The third-order valence-corrected chi connectivity index (χ3v) is 5.16. The minimum Gasteiger partial charge on any atom is -0.497 e. The van der Waals surface area contributed by atoms with Crippen LogP contribution in [0.5, 0.6) is 5.75 Å². The molecule has 0 unspecified atom stereocenters. The summed E-state index contributed by atoms with van der Waals surface area (Å²) in [5, 5.41) is 8.14. The molecule has 29 heavy (non-hydrogen) atoms. The predicted octanol–water partition coefficient (Wildman–Crippen LogP) is 3.65. The van der Waals surface area contributed by atoms with Crippen LogP contribution in [0.15, 0.2) is 60.7 Å². The Morgan fingerprint density at radius 2 is 1.83 bits per heavy atom. The molecule has 1 saturated heterocycles. The third kappa shape index (κ3) is 4.55. The van der Waals surface area contributed by atoms with Gasteiger partial charge in [0.1, 0.15) is 5.75 Å². The van der Waals surface area contributed by atoms with Gasteiger partial charge in [0.05, 0.1) is 13.7 Å². The van der Waals surface area contributed by atoms with Gasteiger partial charge >= 0.3 is 0 Å². The summed E-state index contributed by atoms with van der Waals surface area (Å²) in [6.07, 6.45) is 0. The van der Waals surface area contributed by atoms with Crippen molar-refractivity contribution in [1.29, 1.82) is 0 Å². The second kappa shape index (κ2) is 8.59. The van der Waals surface area contributed by atoms with Crippen LogP contribution in [-0.4, -0.2) is 47.7 Å². The summed E-state index contributed by atoms with van der Waals surface area (Å²) in [5.74, 6) is 1.40. The molecular weight excluding hydrogens is 388 g/mol. The molecular formula is C22H21ClN4O2. The molecule has 2 aromatic carbocycles. The van der Waals surface area contributed by atoms with Crippen molar-refractivity contribution in [2.45, 2.75) is 6.54 Å². The van der Waals surface area contributed by atoms with E-state index in [4.69, 9.17) is 16.3 Å². The standard InChI is InChI=1S/C22H21ClN4O2/c1-29-19-4-2-3-18(13-19)17-7-5-16(6-8-17)14-26-11-12-27(22(28)15-26)21-10-9-20(23)24-25-21/h2-10,13H,11-12,14-15H2,1H3. The zero-order valence-corrected chi connectivity index (χ0v) is 16.8. The van der Waals surface area contributed by atoms with Crippen LogP contribution in [0.1, 0.15) is 5.56 Å². The predicted molar refractivity (Wildman–Crippen MR) is 113 cm³/mol. The van der Waals surface area contributed by atoms with Crippen molar-refractivity contribution in [2.75, 3.05) is 31.6 Å². The lowest BCUT2D eigenvalue weighted by atomic mass is 10.0. The first-order valence-corrected chi connectivity index (χ1v) is 9.75. The summed E-state index contributed by atoms with van der Waals surface area (Å²) in [6.45, 7) is 2.43. The van der Waals surface area contributed by atoms with E-state index in [1.54, 1.807) is 24.1 Å². The second-order valence-electron chi connectivity index (χ2n) is 6.90. The van der Waals surface area contributed by atoms with Crippen molar-refractivity contribution in [3.05, 3.63) is 71.4 Å². The van der Waals surface area contributed by atoms with Crippen LogP contribution in [0.3, 0.4) is 0 Å². The van der Waals surface area contributed by atoms with Crippen LogP contribution >= 0.6 is 11.6 Å². The fraction of sp³-hybridized carbons (Fsp3) is 0.227. The van der Waals surface area contributed by atoms with Gasteiger partial charge < -0.3 is 4.74 Å². The maximum Gasteiger partial charge on any atom is 0.242 e. The number of carbonyl (C=O) groups is 1. The first-order valence-electron chi connectivity index (χ1n) is 9.38. The van der Waals surface area contributed by atoms with Gasteiger partial charge in [-0.25, -0.2) is 0 Å². The highest BCUT2D eigenvalue weighted by atomic mass is 35.5. The average Bonchev–Trinajstić information content (AvgIpc) is 2.75. The number of carbonyl (C=O) groups excluding carboxylic acids is 1. The number of nitrogens with zero attached hydrogens (tertiary/aromatic N) is 4. The van der Waals surface area contributed by atoms with E-state index >= 15 is 0 Å². The van der Waals surface area contributed by atoms with Crippen molar-refractivity contribution in [2.24, 2.45) is 0 Å². The molecule has 1 aliphatic heterocycles. The Labute approximate surface area is 174 Å². The van der Waals surface area contributed by atoms with Gasteiger partial charge in [0.2, 0.25) is 5.91 Å². The van der Waals surface area contributed by atoms with Crippen LogP contribution in [0, 0.1) is 0 Å². The number of piperazine rings is 1. The van der Waals surface area contributed by atoms with Crippen LogP contribution in [0.4, 0.5) is 5.82 Å². The summed E-state index contributed by atoms with van der Waals surface area (Å²) in [7, 11) is 1.67. The number of hydrogen-bond acceptors (Lipinski definition) is 5. The fourth-order valence-corrected chi connectivity index (χ4v) is 3.52. The first kappa shape index (κ1) is 19.4. The maximum atomic E-state index is 12.6. The number of ether oxygens (including phenoxy) is 1. The highest BCUT2D eigenvalue weighted by Crippen LogP contribution is 2.24. The maximum absolute atomic E-state index is 12.6. The van der Waals surface area contributed by atoms with E-state index in [0.717, 1.165) is 30.0 Å². The summed E-state index contributed by atoms with van der Waals surface area (Å²) in [6, 6.07) is 19.8. The number of anilines is 1. The topological polar surface area (TPSA) is 58.6 Å². The Bertz CT molecular complexity index is 992. The Morgan fingerprint density at radius 1 is 1.00 bits per heavy atom. The van der Waals surface area contributed by atoms with Crippen LogP contribution in [0.25, 0.3) is 11.1 Å². The lowest BCUT2D eigenvalue weighted by Crippen LogP contribution is -2.50. The Hall–Kier alpha value is -2.96. The number of hydrogen-bond donors (Lipinski definition) is 0. The van der Waals surface area contributed by atoms with E-state index in [0.29, 0.717) is 24.1 Å². The molecule has 0 atom stereocenters. The molecule has 148 valence electrons. The van der Waals surface area contributed by atoms with Crippen molar-refractivity contribution >= 4 is 23.3 Å². The Morgan fingerprint density at radius 3 is 2.52 bits per heavy atom. The zero-order valence-electron chi connectivity index (χ0n) is 16.1. The molecule has 0 bridgehead atoms. The number of halogens is 1. The summed E-state index contributed by atoms with van der Waals surface area (Å²) >= 11 is 5.77. The number of methoxy groups -OCH3 is 1. The summed E-state index contributed by atoms with van der Waals surface area (Å²) < 4.78 is 5.30. The van der Waals surface area contributed by atoms with E-state index in [2.05, 4.69) is 45.4 Å². The molecule has 1 aromatic heterocycles. The van der Waals surface area contributed by atoms with Gasteiger partial charge in [0.25, 0.3) is 0 Å². The molecule has 1 fully saturated rings. The second-order valence-corrected chi connectivity index (χ2v) is 7.29. The highest BCUT2D eigenvalue weighted by molar-refractivity contribution is 6.29. The normalized spacial score (nSPS) is 14.8. The molecule has 2 heterocycles.